The lowest BCUT2D eigenvalue weighted by atomic mass is 10.0. The SMILES string of the molecule is O=C(Nc1sc2c(c1C(=O)N1CCOCC1)CCOC2)c1ccc(Cl)cc1Cl. The summed E-state index contributed by atoms with van der Waals surface area (Å²) in [6.07, 6.45) is 0.648. The van der Waals surface area contributed by atoms with E-state index in [4.69, 9.17) is 32.7 Å². The minimum absolute atomic E-state index is 0.0831. The highest BCUT2D eigenvalue weighted by Gasteiger charge is 2.30. The van der Waals surface area contributed by atoms with Crippen LogP contribution in [0, 0.1) is 0 Å². The zero-order chi connectivity index (χ0) is 19.7. The molecule has 1 fully saturated rings. The molecule has 0 radical (unpaired) electrons. The molecule has 1 aromatic carbocycles. The Hall–Kier alpha value is -1.64. The Labute approximate surface area is 176 Å². The monoisotopic (exact) mass is 440 g/mol. The summed E-state index contributed by atoms with van der Waals surface area (Å²) in [4.78, 5) is 28.8. The van der Waals surface area contributed by atoms with Crippen LogP contribution in [0.3, 0.4) is 0 Å². The maximum absolute atomic E-state index is 13.2. The summed E-state index contributed by atoms with van der Waals surface area (Å²) in [5, 5.41) is 4.12. The van der Waals surface area contributed by atoms with Gasteiger partial charge in [0.2, 0.25) is 0 Å². The number of nitrogens with one attached hydrogen (secondary N) is 1. The van der Waals surface area contributed by atoms with Gasteiger partial charge in [-0.3, -0.25) is 9.59 Å². The summed E-state index contributed by atoms with van der Waals surface area (Å²) in [5.74, 6) is -0.461. The number of halogens is 2. The molecule has 0 spiro atoms. The molecule has 4 rings (SSSR count). The van der Waals surface area contributed by atoms with Crippen molar-refractivity contribution in [1.82, 2.24) is 4.90 Å². The molecule has 2 aliphatic rings. The Balaban J connectivity index is 1.67. The average molecular weight is 441 g/mol. The fraction of sp³-hybridized carbons (Fsp3) is 0.368. The standard InChI is InChI=1S/C19H18Cl2N2O4S/c20-11-1-2-12(14(21)9-11)17(24)22-18-16(13-3-6-27-10-15(13)28-18)19(25)23-4-7-26-8-5-23/h1-2,9H,3-8,10H2,(H,22,24). The van der Waals surface area contributed by atoms with Gasteiger partial charge in [-0.1, -0.05) is 23.2 Å². The number of rotatable bonds is 3. The van der Waals surface area contributed by atoms with Gasteiger partial charge in [0.1, 0.15) is 5.00 Å². The Kier molecular flexibility index (Phi) is 5.89. The quantitative estimate of drug-likeness (QED) is 0.786. The third kappa shape index (κ3) is 3.90. The number of benzene rings is 1. The Bertz CT molecular complexity index is 925. The molecule has 2 aliphatic heterocycles. The number of morpholine rings is 1. The van der Waals surface area contributed by atoms with E-state index in [9.17, 15) is 9.59 Å². The summed E-state index contributed by atoms with van der Waals surface area (Å²) in [5.41, 5.74) is 1.83. The zero-order valence-corrected chi connectivity index (χ0v) is 17.3. The van der Waals surface area contributed by atoms with Crippen molar-refractivity contribution < 1.29 is 19.1 Å². The molecule has 6 nitrogen and oxygen atoms in total. The van der Waals surface area contributed by atoms with Gasteiger partial charge in [0, 0.05) is 23.0 Å². The smallest absolute Gasteiger partial charge is 0.257 e. The van der Waals surface area contributed by atoms with Crippen LogP contribution in [-0.2, 0) is 22.5 Å². The fourth-order valence-electron chi connectivity index (χ4n) is 3.32. The van der Waals surface area contributed by atoms with Crippen LogP contribution >= 0.6 is 34.5 Å². The molecule has 3 heterocycles. The maximum atomic E-state index is 13.2. The summed E-state index contributed by atoms with van der Waals surface area (Å²) in [7, 11) is 0. The van der Waals surface area contributed by atoms with Crippen molar-refractivity contribution >= 4 is 51.4 Å². The predicted octanol–water partition coefficient (Wildman–Crippen LogP) is 3.85. The van der Waals surface area contributed by atoms with Crippen LogP contribution in [0.25, 0.3) is 0 Å². The van der Waals surface area contributed by atoms with Crippen LogP contribution in [-0.4, -0.2) is 49.6 Å². The maximum Gasteiger partial charge on any atom is 0.257 e. The lowest BCUT2D eigenvalue weighted by Crippen LogP contribution is -2.41. The Morgan fingerprint density at radius 2 is 1.89 bits per heavy atom. The Morgan fingerprint density at radius 1 is 1.11 bits per heavy atom. The van der Waals surface area contributed by atoms with Crippen LogP contribution in [0.2, 0.25) is 10.0 Å². The normalized spacial score (nSPS) is 16.6. The molecule has 2 amide bonds. The predicted molar refractivity (Wildman–Crippen MR) is 109 cm³/mol. The highest BCUT2D eigenvalue weighted by atomic mass is 35.5. The zero-order valence-electron chi connectivity index (χ0n) is 14.9. The first-order valence-corrected chi connectivity index (χ1v) is 10.5. The van der Waals surface area contributed by atoms with E-state index < -0.39 is 0 Å². The number of amides is 2. The number of ether oxygens (including phenoxy) is 2. The fourth-order valence-corrected chi connectivity index (χ4v) is 4.98. The van der Waals surface area contributed by atoms with Gasteiger partial charge >= 0.3 is 0 Å². The van der Waals surface area contributed by atoms with Crippen molar-refractivity contribution in [2.75, 3.05) is 38.2 Å². The molecule has 1 N–H and O–H groups in total. The number of thiophene rings is 1. The van der Waals surface area contributed by atoms with E-state index in [-0.39, 0.29) is 16.8 Å². The van der Waals surface area contributed by atoms with Gasteiger partial charge in [-0.15, -0.1) is 11.3 Å². The van der Waals surface area contributed by atoms with Gasteiger partial charge in [0.25, 0.3) is 11.8 Å². The molecule has 1 saturated heterocycles. The van der Waals surface area contributed by atoms with Crippen molar-refractivity contribution in [2.45, 2.75) is 13.0 Å². The first kappa shape index (κ1) is 19.7. The van der Waals surface area contributed by atoms with E-state index in [1.807, 2.05) is 0 Å². The minimum atomic E-state index is -0.378. The van der Waals surface area contributed by atoms with Crippen molar-refractivity contribution in [2.24, 2.45) is 0 Å². The van der Waals surface area contributed by atoms with Crippen LogP contribution in [0.15, 0.2) is 18.2 Å². The number of carbonyl (C=O) groups excluding carboxylic acids is 2. The van der Waals surface area contributed by atoms with E-state index in [0.717, 1.165) is 10.4 Å². The molecule has 2 aromatic rings. The number of hydrogen-bond donors (Lipinski definition) is 1. The second kappa shape index (κ2) is 8.39. The molecule has 28 heavy (non-hydrogen) atoms. The summed E-state index contributed by atoms with van der Waals surface area (Å²) >= 11 is 13.5. The van der Waals surface area contributed by atoms with Crippen LogP contribution in [0.1, 0.15) is 31.2 Å². The molecule has 1 aromatic heterocycles. The van der Waals surface area contributed by atoms with Gasteiger partial charge in [-0.05, 0) is 30.2 Å². The molecular weight excluding hydrogens is 423 g/mol. The molecular formula is C19H18Cl2N2O4S. The van der Waals surface area contributed by atoms with E-state index in [2.05, 4.69) is 5.32 Å². The molecule has 0 bridgehead atoms. The second-order valence-corrected chi connectivity index (χ2v) is 8.44. The highest BCUT2D eigenvalue weighted by Crippen LogP contribution is 2.38. The van der Waals surface area contributed by atoms with E-state index >= 15 is 0 Å². The van der Waals surface area contributed by atoms with Crippen molar-refractivity contribution in [1.29, 1.82) is 0 Å². The lowest BCUT2D eigenvalue weighted by Gasteiger charge is -2.27. The first-order valence-electron chi connectivity index (χ1n) is 8.90. The second-order valence-electron chi connectivity index (χ2n) is 6.49. The van der Waals surface area contributed by atoms with Gasteiger partial charge in [0.15, 0.2) is 0 Å². The molecule has 148 valence electrons. The highest BCUT2D eigenvalue weighted by molar-refractivity contribution is 7.17. The largest absolute Gasteiger partial charge is 0.378 e. The van der Waals surface area contributed by atoms with Crippen molar-refractivity contribution in [3.63, 3.8) is 0 Å². The number of nitrogens with zero attached hydrogens (tertiary/aromatic N) is 1. The van der Waals surface area contributed by atoms with Crippen LogP contribution < -0.4 is 5.32 Å². The number of anilines is 1. The average Bonchev–Trinajstić information content (AvgIpc) is 3.05. The van der Waals surface area contributed by atoms with Crippen molar-refractivity contribution in [3.8, 4) is 0 Å². The molecule has 0 aliphatic carbocycles. The molecule has 9 heteroatoms. The first-order chi connectivity index (χ1) is 13.5. The third-order valence-electron chi connectivity index (χ3n) is 4.74. The van der Waals surface area contributed by atoms with E-state index in [0.29, 0.717) is 67.1 Å². The topological polar surface area (TPSA) is 67.9 Å². The Morgan fingerprint density at radius 3 is 2.64 bits per heavy atom. The van der Waals surface area contributed by atoms with Gasteiger partial charge in [-0.25, -0.2) is 0 Å². The lowest BCUT2D eigenvalue weighted by molar-refractivity contribution is 0.0302. The summed E-state index contributed by atoms with van der Waals surface area (Å²) in [6.45, 7) is 3.11. The van der Waals surface area contributed by atoms with Crippen LogP contribution in [0.5, 0.6) is 0 Å². The summed E-state index contributed by atoms with van der Waals surface area (Å²) in [6, 6.07) is 4.70. The molecule has 0 atom stereocenters. The van der Waals surface area contributed by atoms with Crippen LogP contribution in [0.4, 0.5) is 5.00 Å². The molecule has 0 saturated carbocycles. The third-order valence-corrected chi connectivity index (χ3v) is 6.40. The minimum Gasteiger partial charge on any atom is -0.378 e. The number of hydrogen-bond acceptors (Lipinski definition) is 5. The summed E-state index contributed by atoms with van der Waals surface area (Å²) < 4.78 is 10.9. The number of carbonyl (C=O) groups is 2. The van der Waals surface area contributed by atoms with Gasteiger partial charge in [-0.2, -0.15) is 0 Å². The van der Waals surface area contributed by atoms with E-state index in [1.165, 1.54) is 17.4 Å². The number of fused-ring (bicyclic) bond motifs is 1. The van der Waals surface area contributed by atoms with Crippen molar-refractivity contribution in [3.05, 3.63) is 49.8 Å². The van der Waals surface area contributed by atoms with E-state index in [1.54, 1.807) is 17.0 Å². The molecule has 0 unspecified atom stereocenters. The van der Waals surface area contributed by atoms with Gasteiger partial charge < -0.3 is 19.7 Å². The van der Waals surface area contributed by atoms with Gasteiger partial charge in [0.05, 0.1) is 42.6 Å².